The van der Waals surface area contributed by atoms with Crippen molar-refractivity contribution >= 4 is 47.5 Å². The molecular formula is C32H40BrFN6O4Si. The fourth-order valence-corrected chi connectivity index (χ4v) is 10.3. The molecule has 2 saturated heterocycles. The lowest BCUT2D eigenvalue weighted by Crippen LogP contribution is -2.45. The molecule has 3 aliphatic heterocycles. The minimum atomic E-state index is -3.30. The maximum atomic E-state index is 16.1. The predicted molar refractivity (Wildman–Crippen MR) is 175 cm³/mol. The van der Waals surface area contributed by atoms with Crippen LogP contribution in [-0.2, 0) is 39.4 Å². The highest BCUT2D eigenvalue weighted by atomic mass is 79.9. The summed E-state index contributed by atoms with van der Waals surface area (Å²) in [5, 5.41) is 23.7. The number of aromatic nitrogens is 3. The second-order valence-electron chi connectivity index (χ2n) is 12.9. The lowest BCUT2D eigenvalue weighted by molar-refractivity contribution is -0.146. The van der Waals surface area contributed by atoms with Crippen LogP contribution in [0.3, 0.4) is 0 Å². The number of carbonyl (C=O) groups excluding carboxylic acids is 2. The molecule has 3 N–H and O–H groups in total. The number of fused-ring (bicyclic) bond motifs is 2. The highest BCUT2D eigenvalue weighted by Gasteiger charge is 2.66. The number of aryl methyl sites for hydroxylation is 1. The summed E-state index contributed by atoms with van der Waals surface area (Å²) in [4.78, 5) is 28.9. The van der Waals surface area contributed by atoms with Gasteiger partial charge in [0.2, 0.25) is 14.3 Å². The molecule has 2 fully saturated rings. The number of carbonyl (C=O) groups is 2. The molecule has 2 amide bonds. The zero-order chi connectivity index (χ0) is 31.9. The van der Waals surface area contributed by atoms with Crippen LogP contribution in [-0.4, -0.2) is 65.6 Å². The largest absolute Gasteiger partial charge is 0.396 e. The van der Waals surface area contributed by atoms with Crippen molar-refractivity contribution in [1.29, 1.82) is 0 Å². The monoisotopic (exact) mass is 698 g/mol. The van der Waals surface area contributed by atoms with Crippen LogP contribution in [0.25, 0.3) is 0 Å². The van der Waals surface area contributed by atoms with Crippen molar-refractivity contribution in [2.24, 2.45) is 5.92 Å². The van der Waals surface area contributed by atoms with E-state index in [2.05, 4.69) is 36.9 Å². The van der Waals surface area contributed by atoms with Gasteiger partial charge in [-0.15, -0.1) is 5.10 Å². The number of ether oxygens (including phenoxy) is 1. The Labute approximate surface area is 272 Å². The molecule has 240 valence electrons. The number of aliphatic hydroxyl groups excluding tert-OH is 1. The van der Waals surface area contributed by atoms with Gasteiger partial charge < -0.3 is 29.5 Å². The number of hydrogen-bond acceptors (Lipinski definition) is 7. The Morgan fingerprint density at radius 3 is 2.73 bits per heavy atom. The summed E-state index contributed by atoms with van der Waals surface area (Å²) < 4.78 is 25.5. The average molecular weight is 700 g/mol. The Balaban J connectivity index is 1.26. The normalized spacial score (nSPS) is 26.2. The molecule has 2 aromatic carbocycles. The third-order valence-corrected chi connectivity index (χ3v) is 12.4. The number of halogens is 2. The standard InChI is InChI=1S/C32H40BrFN6O4Si/c1-20-29(45(2,3)34)28(12-15-39-19-24(13-16-41)37-38-39)44-32(20)25-17-22(33)8-11-27(25)40(31(32)43)18-21-6-9-23(10-7-21)36-30(42)26-5-4-14-35-26/h6-11,17,19-20,26,28-29,35,41H,4-5,12-16,18H2,1-3H3,(H,36,42)/t20-,26-,28+,29-,32+/m1/s1. The highest BCUT2D eigenvalue weighted by Crippen LogP contribution is 2.60. The number of anilines is 2. The van der Waals surface area contributed by atoms with Gasteiger partial charge in [0, 0.05) is 53.0 Å². The molecule has 6 rings (SSSR count). The molecule has 0 unspecified atom stereocenters. The van der Waals surface area contributed by atoms with Crippen LogP contribution >= 0.6 is 15.9 Å². The quantitative estimate of drug-likeness (QED) is 0.208. The first-order valence-corrected chi connectivity index (χ1v) is 19.4. The minimum absolute atomic E-state index is 0.0133. The number of nitrogens with zero attached hydrogens (tertiary/aromatic N) is 4. The molecule has 10 nitrogen and oxygen atoms in total. The third-order valence-electron chi connectivity index (χ3n) is 9.46. The van der Waals surface area contributed by atoms with E-state index >= 15 is 4.11 Å². The van der Waals surface area contributed by atoms with Crippen LogP contribution in [0.15, 0.2) is 53.1 Å². The summed E-state index contributed by atoms with van der Waals surface area (Å²) in [6.45, 7) is 6.94. The SMILES string of the molecule is C[C@@H]1[C@@H]([Si](C)(C)F)[C@H](CCn2cc(CCO)nn2)O[C@@]12C(=O)N(Cc1ccc(NC(=O)[C@H]3CCCN3)cc1)c1ccc(Br)cc12. The van der Waals surface area contributed by atoms with Crippen molar-refractivity contribution < 1.29 is 23.5 Å². The van der Waals surface area contributed by atoms with Crippen molar-refractivity contribution in [3.05, 3.63) is 70.0 Å². The second kappa shape index (κ2) is 12.7. The van der Waals surface area contributed by atoms with Gasteiger partial charge in [0.05, 0.1) is 30.1 Å². The van der Waals surface area contributed by atoms with E-state index in [4.69, 9.17) is 4.74 Å². The summed E-state index contributed by atoms with van der Waals surface area (Å²) in [7, 11) is -3.30. The van der Waals surface area contributed by atoms with Crippen molar-refractivity contribution in [3.8, 4) is 0 Å². The summed E-state index contributed by atoms with van der Waals surface area (Å²) in [6.07, 6.45) is 3.99. The number of rotatable bonds is 10. The molecule has 5 atom stereocenters. The topological polar surface area (TPSA) is 122 Å². The maximum absolute atomic E-state index is 16.1. The Hall–Kier alpha value is -2.97. The number of benzene rings is 2. The molecule has 0 saturated carbocycles. The van der Waals surface area contributed by atoms with Gasteiger partial charge in [-0.1, -0.05) is 40.2 Å². The van der Waals surface area contributed by atoms with Gasteiger partial charge in [-0.05, 0) is 74.8 Å². The molecule has 45 heavy (non-hydrogen) atoms. The maximum Gasteiger partial charge on any atom is 0.264 e. The van der Waals surface area contributed by atoms with Crippen LogP contribution in [0.4, 0.5) is 15.5 Å². The lowest BCUT2D eigenvalue weighted by Gasteiger charge is -2.31. The molecule has 0 aliphatic carbocycles. The molecular weight excluding hydrogens is 659 g/mol. The van der Waals surface area contributed by atoms with Gasteiger partial charge in [0.25, 0.3) is 5.91 Å². The van der Waals surface area contributed by atoms with E-state index in [1.54, 1.807) is 28.9 Å². The van der Waals surface area contributed by atoms with Crippen LogP contribution in [0.5, 0.6) is 0 Å². The number of nitrogens with one attached hydrogen (secondary N) is 2. The molecule has 0 bridgehead atoms. The zero-order valence-corrected chi connectivity index (χ0v) is 28.4. The van der Waals surface area contributed by atoms with Crippen molar-refractivity contribution in [3.63, 3.8) is 0 Å². The number of amides is 2. The van der Waals surface area contributed by atoms with E-state index in [0.717, 1.165) is 40.7 Å². The van der Waals surface area contributed by atoms with Gasteiger partial charge in [-0.3, -0.25) is 14.3 Å². The van der Waals surface area contributed by atoms with Gasteiger partial charge in [-0.2, -0.15) is 0 Å². The molecule has 0 radical (unpaired) electrons. The van der Waals surface area contributed by atoms with E-state index < -0.39 is 31.6 Å². The van der Waals surface area contributed by atoms with E-state index in [0.29, 0.717) is 37.3 Å². The summed E-state index contributed by atoms with van der Waals surface area (Å²) in [5.41, 5.74) is 2.04. The van der Waals surface area contributed by atoms with Crippen LogP contribution in [0, 0.1) is 5.92 Å². The van der Waals surface area contributed by atoms with Gasteiger partial charge >= 0.3 is 0 Å². The van der Waals surface area contributed by atoms with Crippen LogP contribution < -0.4 is 15.5 Å². The highest BCUT2D eigenvalue weighted by molar-refractivity contribution is 9.10. The Morgan fingerprint density at radius 1 is 1.27 bits per heavy atom. The second-order valence-corrected chi connectivity index (χ2v) is 17.6. The van der Waals surface area contributed by atoms with Gasteiger partial charge in [0.1, 0.15) is 0 Å². The van der Waals surface area contributed by atoms with Crippen LogP contribution in [0.2, 0.25) is 18.6 Å². The molecule has 13 heteroatoms. The molecule has 1 aromatic heterocycles. The lowest BCUT2D eigenvalue weighted by atomic mass is 9.82. The average Bonchev–Trinajstić information content (AvgIpc) is 3.78. The Morgan fingerprint density at radius 2 is 2.04 bits per heavy atom. The summed E-state index contributed by atoms with van der Waals surface area (Å²) >= 11 is 3.59. The Bertz CT molecular complexity index is 1560. The van der Waals surface area contributed by atoms with E-state index in [1.807, 2.05) is 49.4 Å². The van der Waals surface area contributed by atoms with E-state index in [9.17, 15) is 14.7 Å². The predicted octanol–water partition coefficient (Wildman–Crippen LogP) is 4.68. The van der Waals surface area contributed by atoms with Crippen LogP contribution in [0.1, 0.15) is 43.0 Å². The van der Waals surface area contributed by atoms with Gasteiger partial charge in [-0.25, -0.2) is 0 Å². The fourth-order valence-electron chi connectivity index (χ4n) is 7.40. The van der Waals surface area contributed by atoms with Crippen molar-refractivity contribution in [2.45, 2.75) is 82.1 Å². The summed E-state index contributed by atoms with van der Waals surface area (Å²) in [5.74, 6) is -0.631. The zero-order valence-electron chi connectivity index (χ0n) is 25.8. The minimum Gasteiger partial charge on any atom is -0.396 e. The fraction of sp³-hybridized carbons (Fsp3) is 0.500. The van der Waals surface area contributed by atoms with Gasteiger partial charge in [0.15, 0.2) is 5.60 Å². The first-order chi connectivity index (χ1) is 21.5. The Kier molecular flexibility index (Phi) is 9.01. The first kappa shape index (κ1) is 32.0. The van der Waals surface area contributed by atoms with E-state index in [-0.39, 0.29) is 24.5 Å². The number of aliphatic hydroxyl groups is 1. The molecule has 4 heterocycles. The molecule has 3 aliphatic rings. The number of hydrogen-bond donors (Lipinski definition) is 3. The van der Waals surface area contributed by atoms with Crippen molar-refractivity contribution in [2.75, 3.05) is 23.4 Å². The summed E-state index contributed by atoms with van der Waals surface area (Å²) in [6, 6.07) is 13.1. The first-order valence-electron chi connectivity index (χ1n) is 15.6. The third kappa shape index (κ3) is 6.12. The van der Waals surface area contributed by atoms with Crippen molar-refractivity contribution in [1.82, 2.24) is 20.3 Å². The molecule has 1 spiro atoms. The van der Waals surface area contributed by atoms with E-state index in [1.165, 1.54) is 0 Å². The molecule has 3 aromatic rings. The smallest absolute Gasteiger partial charge is 0.264 e.